The van der Waals surface area contributed by atoms with Gasteiger partial charge in [0.25, 0.3) is 0 Å². The zero-order chi connectivity index (χ0) is 16.4. The first-order valence-corrected chi connectivity index (χ1v) is 8.72. The Labute approximate surface area is 135 Å². The fourth-order valence-corrected chi connectivity index (χ4v) is 2.11. The number of benzene rings is 1. The van der Waals surface area contributed by atoms with E-state index in [0.717, 1.165) is 31.1 Å². The number of thiol groups is 1. The largest absolute Gasteiger partial charge is 0.397 e. The lowest BCUT2D eigenvalue weighted by atomic mass is 10.1. The number of carbonyl (C=O) groups excluding carboxylic acids is 1. The average Bonchev–Trinajstić information content (AvgIpc) is 2.46. The summed E-state index contributed by atoms with van der Waals surface area (Å²) in [7, 11) is -4.50. The SMILES string of the molecule is O=C(CCOS(=O)(=O)O)c1ccc(NCCNCCS)cc1. The second-order valence-electron chi connectivity index (χ2n) is 4.40. The number of hydrogen-bond donors (Lipinski definition) is 4. The molecular weight excluding hydrogens is 328 g/mol. The van der Waals surface area contributed by atoms with E-state index >= 15 is 0 Å². The number of Topliss-reactive ketones (excluding diaryl/α,β-unsaturated/α-hetero) is 1. The number of carbonyl (C=O) groups is 1. The smallest absolute Gasteiger partial charge is 0.384 e. The lowest BCUT2D eigenvalue weighted by molar-refractivity contribution is 0.0961. The molecule has 0 spiro atoms. The lowest BCUT2D eigenvalue weighted by Crippen LogP contribution is -2.23. The molecule has 0 aliphatic carbocycles. The first kappa shape index (κ1) is 18.9. The third-order valence-corrected chi connectivity index (χ3v) is 3.38. The van der Waals surface area contributed by atoms with Crippen LogP contribution in [0.3, 0.4) is 0 Å². The molecule has 22 heavy (non-hydrogen) atoms. The molecule has 124 valence electrons. The summed E-state index contributed by atoms with van der Waals surface area (Å²) < 4.78 is 33.2. The summed E-state index contributed by atoms with van der Waals surface area (Å²) in [6, 6.07) is 6.85. The van der Waals surface area contributed by atoms with E-state index in [0.29, 0.717) is 5.56 Å². The van der Waals surface area contributed by atoms with Crippen LogP contribution in [-0.2, 0) is 14.6 Å². The van der Waals surface area contributed by atoms with Gasteiger partial charge in [-0.3, -0.25) is 9.35 Å². The van der Waals surface area contributed by atoms with Crippen molar-refractivity contribution in [3.63, 3.8) is 0 Å². The molecule has 0 atom stereocenters. The van der Waals surface area contributed by atoms with E-state index in [4.69, 9.17) is 4.55 Å². The van der Waals surface area contributed by atoms with E-state index in [1.54, 1.807) is 24.3 Å². The van der Waals surface area contributed by atoms with Gasteiger partial charge in [0.05, 0.1) is 6.61 Å². The molecule has 0 amide bonds. The molecule has 0 radical (unpaired) electrons. The van der Waals surface area contributed by atoms with E-state index in [9.17, 15) is 13.2 Å². The van der Waals surface area contributed by atoms with Crippen LogP contribution in [0.1, 0.15) is 16.8 Å². The predicted octanol–water partition coefficient (Wildman–Crippen LogP) is 1.01. The third-order valence-electron chi connectivity index (χ3n) is 2.69. The summed E-state index contributed by atoms with van der Waals surface area (Å²) >= 11 is 4.09. The molecular formula is C13H20N2O5S2. The highest BCUT2D eigenvalue weighted by molar-refractivity contribution is 7.80. The quantitative estimate of drug-likeness (QED) is 0.205. The van der Waals surface area contributed by atoms with Crippen LogP contribution in [0.2, 0.25) is 0 Å². The fraction of sp³-hybridized carbons (Fsp3) is 0.462. The Balaban J connectivity index is 2.35. The normalized spacial score (nSPS) is 11.4. The van der Waals surface area contributed by atoms with Crippen LogP contribution in [0.5, 0.6) is 0 Å². The minimum absolute atomic E-state index is 0.125. The molecule has 1 aromatic carbocycles. The first-order valence-electron chi connectivity index (χ1n) is 6.73. The van der Waals surface area contributed by atoms with Crippen LogP contribution in [0, 0.1) is 0 Å². The predicted molar refractivity (Wildman–Crippen MR) is 88.1 cm³/mol. The maximum atomic E-state index is 11.8. The molecule has 0 aromatic heterocycles. The van der Waals surface area contributed by atoms with Gasteiger partial charge in [-0.1, -0.05) is 0 Å². The van der Waals surface area contributed by atoms with Crippen molar-refractivity contribution in [1.29, 1.82) is 0 Å². The summed E-state index contributed by atoms with van der Waals surface area (Å²) in [6.45, 7) is 2.04. The number of nitrogens with one attached hydrogen (secondary N) is 2. The number of ketones is 1. The Hall–Kier alpha value is -1.13. The first-order chi connectivity index (χ1) is 10.4. The van der Waals surface area contributed by atoms with Gasteiger partial charge in [0.15, 0.2) is 5.78 Å². The van der Waals surface area contributed by atoms with E-state index in [2.05, 4.69) is 27.4 Å². The van der Waals surface area contributed by atoms with Crippen molar-refractivity contribution in [1.82, 2.24) is 5.32 Å². The Kier molecular flexibility index (Phi) is 8.43. The van der Waals surface area contributed by atoms with Crippen molar-refractivity contribution >= 4 is 34.5 Å². The number of rotatable bonds is 11. The Bertz CT molecular complexity index is 560. The van der Waals surface area contributed by atoms with Gasteiger partial charge in [-0.2, -0.15) is 21.0 Å². The van der Waals surface area contributed by atoms with Crippen LogP contribution in [0.25, 0.3) is 0 Å². The van der Waals surface area contributed by atoms with Crippen molar-refractivity contribution in [3.05, 3.63) is 29.8 Å². The summed E-state index contributed by atoms with van der Waals surface area (Å²) in [5, 5.41) is 6.39. The van der Waals surface area contributed by atoms with Crippen molar-refractivity contribution in [3.8, 4) is 0 Å². The zero-order valence-corrected chi connectivity index (χ0v) is 13.7. The maximum absolute atomic E-state index is 11.8. The van der Waals surface area contributed by atoms with Crippen molar-refractivity contribution in [2.75, 3.05) is 37.3 Å². The molecule has 3 N–H and O–H groups in total. The van der Waals surface area contributed by atoms with Crippen molar-refractivity contribution in [2.24, 2.45) is 0 Å². The summed E-state index contributed by atoms with van der Waals surface area (Å²) in [6.07, 6.45) is -0.125. The second kappa shape index (κ2) is 9.80. The van der Waals surface area contributed by atoms with Crippen LogP contribution in [0.15, 0.2) is 24.3 Å². The molecule has 7 nitrogen and oxygen atoms in total. The second-order valence-corrected chi connectivity index (χ2v) is 5.94. The average molecular weight is 348 g/mol. The molecule has 1 rings (SSSR count). The minimum Gasteiger partial charge on any atom is -0.384 e. The van der Waals surface area contributed by atoms with E-state index in [1.807, 2.05) is 0 Å². The number of hydrogen-bond acceptors (Lipinski definition) is 7. The number of anilines is 1. The van der Waals surface area contributed by atoms with E-state index < -0.39 is 10.4 Å². The molecule has 0 heterocycles. The molecule has 0 saturated heterocycles. The molecule has 0 bridgehead atoms. The Morgan fingerprint density at radius 2 is 1.86 bits per heavy atom. The standard InChI is InChI=1S/C13H20N2O5S2/c16-13(5-9-20-22(17,18)19)11-1-3-12(4-2-11)15-7-6-14-8-10-21/h1-4,14-15,21H,5-10H2,(H,17,18,19). The van der Waals surface area contributed by atoms with Gasteiger partial charge >= 0.3 is 10.4 Å². The van der Waals surface area contributed by atoms with Gasteiger partial charge in [0.1, 0.15) is 0 Å². The minimum atomic E-state index is -4.50. The molecule has 0 saturated carbocycles. The van der Waals surface area contributed by atoms with Gasteiger partial charge in [-0.05, 0) is 24.3 Å². The van der Waals surface area contributed by atoms with E-state index in [1.165, 1.54) is 0 Å². The van der Waals surface area contributed by atoms with Gasteiger partial charge in [0.2, 0.25) is 0 Å². The topological polar surface area (TPSA) is 105 Å². The molecule has 0 aliphatic heterocycles. The van der Waals surface area contributed by atoms with Crippen LogP contribution in [-0.4, -0.2) is 50.7 Å². The van der Waals surface area contributed by atoms with Crippen molar-refractivity contribution < 1.29 is 21.9 Å². The highest BCUT2D eigenvalue weighted by atomic mass is 32.3. The summed E-state index contributed by atoms with van der Waals surface area (Å²) in [4.78, 5) is 11.8. The van der Waals surface area contributed by atoms with Crippen LogP contribution in [0.4, 0.5) is 5.69 Å². The maximum Gasteiger partial charge on any atom is 0.397 e. The van der Waals surface area contributed by atoms with Gasteiger partial charge in [0, 0.05) is 43.1 Å². The Morgan fingerprint density at radius 1 is 1.18 bits per heavy atom. The summed E-state index contributed by atoms with van der Waals surface area (Å²) in [5.74, 6) is 0.531. The molecule has 1 aromatic rings. The van der Waals surface area contributed by atoms with Crippen LogP contribution >= 0.6 is 12.6 Å². The third kappa shape index (κ3) is 8.35. The molecule has 0 aliphatic rings. The van der Waals surface area contributed by atoms with Crippen LogP contribution < -0.4 is 10.6 Å². The molecule has 0 fully saturated rings. The van der Waals surface area contributed by atoms with Crippen molar-refractivity contribution in [2.45, 2.75) is 6.42 Å². The molecule has 9 heteroatoms. The fourth-order valence-electron chi connectivity index (χ4n) is 1.66. The molecule has 0 unspecified atom stereocenters. The van der Waals surface area contributed by atoms with Gasteiger partial charge in [-0.25, -0.2) is 4.18 Å². The van der Waals surface area contributed by atoms with Gasteiger partial charge in [-0.15, -0.1) is 0 Å². The highest BCUT2D eigenvalue weighted by Crippen LogP contribution is 2.11. The Morgan fingerprint density at radius 3 is 2.45 bits per heavy atom. The van der Waals surface area contributed by atoms with Gasteiger partial charge < -0.3 is 10.6 Å². The summed E-state index contributed by atoms with van der Waals surface area (Å²) in [5.41, 5.74) is 1.34. The zero-order valence-electron chi connectivity index (χ0n) is 12.0. The highest BCUT2D eigenvalue weighted by Gasteiger charge is 2.09. The monoisotopic (exact) mass is 348 g/mol. The van der Waals surface area contributed by atoms with E-state index in [-0.39, 0.29) is 18.8 Å². The lowest BCUT2D eigenvalue weighted by Gasteiger charge is -2.08.